The van der Waals surface area contributed by atoms with E-state index in [1.54, 1.807) is 6.92 Å². The first kappa shape index (κ1) is 12.8. The standard InChI is InChI=1S/C11H14N2O4/c1-6(5-9(12)15)13-11(17)7-3-2-4-8(14)10(7)16/h2-4,6,14,16H,5H2,1H3,(H2,12,15)(H,13,17). The number of primary amides is 1. The fourth-order valence-electron chi connectivity index (χ4n) is 1.37. The molecule has 0 heterocycles. The maximum absolute atomic E-state index is 11.7. The van der Waals surface area contributed by atoms with Gasteiger partial charge in [-0.05, 0) is 19.1 Å². The van der Waals surface area contributed by atoms with Crippen molar-refractivity contribution in [2.75, 3.05) is 0 Å². The highest BCUT2D eigenvalue weighted by Gasteiger charge is 2.16. The first-order valence-electron chi connectivity index (χ1n) is 5.02. The van der Waals surface area contributed by atoms with Crippen LogP contribution in [0.3, 0.4) is 0 Å². The molecule has 92 valence electrons. The molecule has 0 bridgehead atoms. The molecule has 0 aliphatic heterocycles. The van der Waals surface area contributed by atoms with Gasteiger partial charge in [-0.1, -0.05) is 6.07 Å². The molecule has 0 aliphatic carbocycles. The van der Waals surface area contributed by atoms with Crippen LogP contribution < -0.4 is 11.1 Å². The van der Waals surface area contributed by atoms with Gasteiger partial charge in [0.1, 0.15) is 0 Å². The number of aromatic hydroxyl groups is 2. The molecule has 0 saturated heterocycles. The third kappa shape index (κ3) is 3.37. The minimum atomic E-state index is -0.577. The summed E-state index contributed by atoms with van der Waals surface area (Å²) in [5.41, 5.74) is 4.93. The van der Waals surface area contributed by atoms with Crippen molar-refractivity contribution < 1.29 is 19.8 Å². The van der Waals surface area contributed by atoms with Gasteiger partial charge in [0.05, 0.1) is 5.56 Å². The van der Waals surface area contributed by atoms with Crippen LogP contribution in [0.25, 0.3) is 0 Å². The number of amides is 2. The van der Waals surface area contributed by atoms with E-state index in [0.717, 1.165) is 0 Å². The molecule has 6 nitrogen and oxygen atoms in total. The highest BCUT2D eigenvalue weighted by atomic mass is 16.3. The molecule has 2 amide bonds. The van der Waals surface area contributed by atoms with Gasteiger partial charge in [0.2, 0.25) is 5.91 Å². The molecule has 1 unspecified atom stereocenters. The zero-order chi connectivity index (χ0) is 13.0. The van der Waals surface area contributed by atoms with Gasteiger partial charge in [-0.3, -0.25) is 9.59 Å². The third-order valence-electron chi connectivity index (χ3n) is 2.14. The number of phenolic OH excluding ortho intramolecular Hbond substituents is 2. The number of para-hydroxylation sites is 1. The predicted molar refractivity (Wildman–Crippen MR) is 60.5 cm³/mol. The zero-order valence-electron chi connectivity index (χ0n) is 9.30. The number of nitrogens with one attached hydrogen (secondary N) is 1. The van der Waals surface area contributed by atoms with E-state index >= 15 is 0 Å². The molecule has 1 atom stereocenters. The summed E-state index contributed by atoms with van der Waals surface area (Å²) in [4.78, 5) is 22.3. The molecule has 1 aromatic rings. The van der Waals surface area contributed by atoms with E-state index in [2.05, 4.69) is 5.32 Å². The lowest BCUT2D eigenvalue weighted by atomic mass is 10.1. The molecule has 6 heteroatoms. The van der Waals surface area contributed by atoms with Crippen molar-refractivity contribution in [2.24, 2.45) is 5.73 Å². The maximum Gasteiger partial charge on any atom is 0.255 e. The second-order valence-corrected chi connectivity index (χ2v) is 3.72. The van der Waals surface area contributed by atoms with Gasteiger partial charge in [-0.15, -0.1) is 0 Å². The molecule has 5 N–H and O–H groups in total. The topological polar surface area (TPSA) is 113 Å². The number of phenols is 2. The molecule has 1 aromatic carbocycles. The second kappa shape index (κ2) is 5.20. The van der Waals surface area contributed by atoms with E-state index in [4.69, 9.17) is 5.73 Å². The van der Waals surface area contributed by atoms with E-state index < -0.39 is 23.6 Å². The average Bonchev–Trinajstić information content (AvgIpc) is 2.20. The third-order valence-corrected chi connectivity index (χ3v) is 2.14. The molecule has 0 spiro atoms. The first-order valence-corrected chi connectivity index (χ1v) is 5.02. The number of carbonyl (C=O) groups is 2. The zero-order valence-corrected chi connectivity index (χ0v) is 9.30. The van der Waals surface area contributed by atoms with Crippen molar-refractivity contribution in [1.29, 1.82) is 0 Å². The number of hydrogen-bond donors (Lipinski definition) is 4. The Morgan fingerprint density at radius 3 is 2.65 bits per heavy atom. The Labute approximate surface area is 98.1 Å². The fourth-order valence-corrected chi connectivity index (χ4v) is 1.37. The Hall–Kier alpha value is -2.24. The van der Waals surface area contributed by atoms with Crippen molar-refractivity contribution in [3.8, 4) is 11.5 Å². The maximum atomic E-state index is 11.7. The Morgan fingerprint density at radius 2 is 2.06 bits per heavy atom. The van der Waals surface area contributed by atoms with Crippen molar-refractivity contribution in [2.45, 2.75) is 19.4 Å². The Morgan fingerprint density at radius 1 is 1.41 bits per heavy atom. The van der Waals surface area contributed by atoms with Crippen molar-refractivity contribution in [3.05, 3.63) is 23.8 Å². The number of benzene rings is 1. The number of rotatable bonds is 4. The van der Waals surface area contributed by atoms with Gasteiger partial charge in [-0.25, -0.2) is 0 Å². The normalized spacial score (nSPS) is 11.8. The number of carbonyl (C=O) groups excluding carboxylic acids is 2. The van der Waals surface area contributed by atoms with Crippen molar-refractivity contribution in [1.82, 2.24) is 5.32 Å². The van der Waals surface area contributed by atoms with E-state index in [0.29, 0.717) is 0 Å². The Bertz CT molecular complexity index is 445. The molecule has 0 aromatic heterocycles. The van der Waals surface area contributed by atoms with Crippen LogP contribution in [0.5, 0.6) is 11.5 Å². The molecular formula is C11H14N2O4. The molecule has 1 rings (SSSR count). The monoisotopic (exact) mass is 238 g/mol. The van der Waals surface area contributed by atoms with Gasteiger partial charge in [0.15, 0.2) is 11.5 Å². The first-order chi connectivity index (χ1) is 7.91. The van der Waals surface area contributed by atoms with Crippen LogP contribution in [0.2, 0.25) is 0 Å². The fraction of sp³-hybridized carbons (Fsp3) is 0.273. The molecule has 0 fully saturated rings. The average molecular weight is 238 g/mol. The van der Waals surface area contributed by atoms with Crippen molar-refractivity contribution >= 4 is 11.8 Å². The summed E-state index contributed by atoms with van der Waals surface area (Å²) in [7, 11) is 0. The van der Waals surface area contributed by atoms with Crippen molar-refractivity contribution in [3.63, 3.8) is 0 Å². The van der Waals surface area contributed by atoms with Crippen LogP contribution in [-0.2, 0) is 4.79 Å². The highest BCUT2D eigenvalue weighted by molar-refractivity contribution is 5.97. The summed E-state index contributed by atoms with van der Waals surface area (Å²) in [6, 6.07) is 3.62. The van der Waals surface area contributed by atoms with Gasteiger partial charge in [0.25, 0.3) is 5.91 Å². The number of hydrogen-bond acceptors (Lipinski definition) is 4. The Kier molecular flexibility index (Phi) is 3.92. The van der Waals surface area contributed by atoms with Crippen LogP contribution in [0.4, 0.5) is 0 Å². The lowest BCUT2D eigenvalue weighted by Crippen LogP contribution is -2.35. The van der Waals surface area contributed by atoms with Gasteiger partial charge in [-0.2, -0.15) is 0 Å². The van der Waals surface area contributed by atoms with E-state index in [1.165, 1.54) is 18.2 Å². The summed E-state index contributed by atoms with van der Waals surface area (Å²) in [6.07, 6.45) is 0.00528. The minimum Gasteiger partial charge on any atom is -0.504 e. The van der Waals surface area contributed by atoms with Gasteiger partial charge < -0.3 is 21.3 Å². The summed E-state index contributed by atoms with van der Waals surface area (Å²) in [5.74, 6) is -1.97. The second-order valence-electron chi connectivity index (χ2n) is 3.72. The summed E-state index contributed by atoms with van der Waals surface area (Å²) in [5, 5.41) is 21.2. The molecular weight excluding hydrogens is 224 g/mol. The summed E-state index contributed by atoms with van der Waals surface area (Å²) < 4.78 is 0. The van der Waals surface area contributed by atoms with Crippen LogP contribution >= 0.6 is 0 Å². The van der Waals surface area contributed by atoms with Crippen LogP contribution in [0.15, 0.2) is 18.2 Å². The lowest BCUT2D eigenvalue weighted by Gasteiger charge is -2.12. The van der Waals surface area contributed by atoms with Crippen LogP contribution in [-0.4, -0.2) is 28.1 Å². The SMILES string of the molecule is CC(CC(N)=O)NC(=O)c1cccc(O)c1O. The number of nitrogens with two attached hydrogens (primary N) is 1. The van der Waals surface area contributed by atoms with Crippen LogP contribution in [0, 0.1) is 0 Å². The predicted octanol–water partition coefficient (Wildman–Crippen LogP) is 0.0915. The molecule has 17 heavy (non-hydrogen) atoms. The highest BCUT2D eigenvalue weighted by Crippen LogP contribution is 2.27. The van der Waals surface area contributed by atoms with E-state index in [9.17, 15) is 19.8 Å². The molecule has 0 saturated carbocycles. The minimum absolute atomic E-state index is 0.00528. The van der Waals surface area contributed by atoms with E-state index in [1.807, 2.05) is 0 Å². The lowest BCUT2D eigenvalue weighted by molar-refractivity contribution is -0.118. The molecule has 0 aliphatic rings. The molecule has 0 radical (unpaired) electrons. The Balaban J connectivity index is 2.77. The van der Waals surface area contributed by atoms with E-state index in [-0.39, 0.29) is 17.7 Å². The quantitative estimate of drug-likeness (QED) is 0.557. The largest absolute Gasteiger partial charge is 0.504 e. The summed E-state index contributed by atoms with van der Waals surface area (Å²) >= 11 is 0. The van der Waals surface area contributed by atoms with Gasteiger partial charge in [0, 0.05) is 12.5 Å². The van der Waals surface area contributed by atoms with Crippen LogP contribution in [0.1, 0.15) is 23.7 Å². The van der Waals surface area contributed by atoms with Gasteiger partial charge >= 0.3 is 0 Å². The summed E-state index contributed by atoms with van der Waals surface area (Å²) in [6.45, 7) is 1.61. The smallest absolute Gasteiger partial charge is 0.255 e.